The Kier molecular flexibility index (Phi) is 5.33. The first-order chi connectivity index (χ1) is 12.4. The molecule has 1 saturated heterocycles. The van der Waals surface area contributed by atoms with Crippen LogP contribution in [0, 0.1) is 11.7 Å². The lowest BCUT2D eigenvalue weighted by atomic mass is 10.1. The minimum atomic E-state index is -1.33. The monoisotopic (exact) mass is 416 g/mol. The Morgan fingerprint density at radius 1 is 1.41 bits per heavy atom. The van der Waals surface area contributed by atoms with E-state index in [-0.39, 0.29) is 46.5 Å². The standard InChI is InChI=1S/C17H18ClFN4O3.ClH/c18-12-7-22(5-8(12)4-20)16-13(19)3-10-14(24)11(17(25)26)6-23(9-1-2-9)15(10)21-16;/h3,6,8-9,12H,1-2,4-5,7,20H2,(H,25,26);1H/t8-,12-;/m1./s1. The van der Waals surface area contributed by atoms with Crippen molar-refractivity contribution in [2.24, 2.45) is 11.7 Å². The molecule has 2 fully saturated rings. The summed E-state index contributed by atoms with van der Waals surface area (Å²) in [5, 5.41) is 9.06. The molecule has 0 unspecified atom stereocenters. The van der Waals surface area contributed by atoms with E-state index in [4.69, 9.17) is 17.3 Å². The fourth-order valence-corrected chi connectivity index (χ4v) is 3.82. The third kappa shape index (κ3) is 3.37. The molecule has 3 N–H and O–H groups in total. The summed E-state index contributed by atoms with van der Waals surface area (Å²) in [4.78, 5) is 29.9. The van der Waals surface area contributed by atoms with Crippen molar-refractivity contribution in [3.8, 4) is 0 Å². The highest BCUT2D eigenvalue weighted by Crippen LogP contribution is 2.37. The quantitative estimate of drug-likeness (QED) is 0.738. The number of hydrogen-bond acceptors (Lipinski definition) is 5. The van der Waals surface area contributed by atoms with Crippen LogP contribution < -0.4 is 16.1 Å². The van der Waals surface area contributed by atoms with Gasteiger partial charge in [0.2, 0.25) is 5.43 Å². The molecule has 3 heterocycles. The Morgan fingerprint density at radius 2 is 2.11 bits per heavy atom. The molecule has 1 saturated carbocycles. The number of aromatic nitrogens is 2. The highest BCUT2D eigenvalue weighted by atomic mass is 35.5. The van der Waals surface area contributed by atoms with Gasteiger partial charge in [0.25, 0.3) is 0 Å². The maximum Gasteiger partial charge on any atom is 0.341 e. The van der Waals surface area contributed by atoms with Gasteiger partial charge in [-0.25, -0.2) is 14.2 Å². The van der Waals surface area contributed by atoms with Crippen molar-refractivity contribution in [3.63, 3.8) is 0 Å². The zero-order valence-corrected chi connectivity index (χ0v) is 15.8. The van der Waals surface area contributed by atoms with E-state index in [1.54, 1.807) is 9.47 Å². The van der Waals surface area contributed by atoms with E-state index >= 15 is 0 Å². The molecule has 4 rings (SSSR count). The van der Waals surface area contributed by atoms with E-state index in [2.05, 4.69) is 4.98 Å². The van der Waals surface area contributed by atoms with Gasteiger partial charge in [-0.05, 0) is 25.5 Å². The summed E-state index contributed by atoms with van der Waals surface area (Å²) in [7, 11) is 0. The van der Waals surface area contributed by atoms with Crippen LogP contribution in [0.2, 0.25) is 0 Å². The van der Waals surface area contributed by atoms with E-state index in [1.807, 2.05) is 0 Å². The van der Waals surface area contributed by atoms with E-state index in [9.17, 15) is 19.1 Å². The van der Waals surface area contributed by atoms with Crippen LogP contribution in [0.25, 0.3) is 11.0 Å². The molecule has 2 aliphatic rings. The molecule has 2 aromatic heterocycles. The van der Waals surface area contributed by atoms with Crippen LogP contribution in [0.15, 0.2) is 17.1 Å². The molecule has 0 radical (unpaired) electrons. The number of pyridine rings is 2. The van der Waals surface area contributed by atoms with Gasteiger partial charge in [-0.2, -0.15) is 0 Å². The number of nitrogens with two attached hydrogens (primary N) is 1. The highest BCUT2D eigenvalue weighted by molar-refractivity contribution is 6.21. The lowest BCUT2D eigenvalue weighted by Crippen LogP contribution is -2.26. The third-order valence-corrected chi connectivity index (χ3v) is 5.57. The summed E-state index contributed by atoms with van der Waals surface area (Å²) >= 11 is 6.27. The second-order valence-corrected chi connectivity index (χ2v) is 7.46. The number of carboxylic acids is 1. The molecule has 1 aliphatic heterocycles. The van der Waals surface area contributed by atoms with Crippen LogP contribution in [0.4, 0.5) is 10.2 Å². The maximum absolute atomic E-state index is 14.7. The molecule has 0 bridgehead atoms. The number of hydrogen-bond donors (Lipinski definition) is 2. The van der Waals surface area contributed by atoms with Crippen molar-refractivity contribution in [2.75, 3.05) is 24.5 Å². The van der Waals surface area contributed by atoms with Crippen molar-refractivity contribution < 1.29 is 14.3 Å². The van der Waals surface area contributed by atoms with E-state index in [0.717, 1.165) is 18.9 Å². The average molecular weight is 417 g/mol. The van der Waals surface area contributed by atoms with Gasteiger partial charge in [-0.3, -0.25) is 4.79 Å². The summed E-state index contributed by atoms with van der Waals surface area (Å²) in [6.45, 7) is 1.30. The van der Waals surface area contributed by atoms with Gasteiger partial charge in [0.1, 0.15) is 11.2 Å². The molecule has 27 heavy (non-hydrogen) atoms. The van der Waals surface area contributed by atoms with Gasteiger partial charge < -0.3 is 20.3 Å². The molecular formula is C17H19Cl2FN4O3. The molecule has 0 aromatic carbocycles. The number of fused-ring (bicyclic) bond motifs is 1. The Morgan fingerprint density at radius 3 is 2.67 bits per heavy atom. The second-order valence-electron chi connectivity index (χ2n) is 6.90. The van der Waals surface area contributed by atoms with Gasteiger partial charge in [0, 0.05) is 31.2 Å². The Balaban J connectivity index is 0.00000210. The fourth-order valence-electron chi connectivity index (χ4n) is 3.47. The fraction of sp³-hybridized carbons (Fsp3) is 0.471. The minimum Gasteiger partial charge on any atom is -0.477 e. The molecular weight excluding hydrogens is 398 g/mol. The van der Waals surface area contributed by atoms with Crippen LogP contribution in [0.5, 0.6) is 0 Å². The van der Waals surface area contributed by atoms with Crippen LogP contribution in [-0.2, 0) is 0 Å². The molecule has 146 valence electrons. The number of anilines is 1. The normalized spacial score (nSPS) is 22.1. The summed E-state index contributed by atoms with van der Waals surface area (Å²) in [5.74, 6) is -1.84. The lowest BCUT2D eigenvalue weighted by Gasteiger charge is -2.19. The summed E-state index contributed by atoms with van der Waals surface area (Å²) in [6.07, 6.45) is 3.05. The molecule has 2 atom stereocenters. The number of halogens is 3. The van der Waals surface area contributed by atoms with E-state index in [0.29, 0.717) is 25.3 Å². The average Bonchev–Trinajstić information content (AvgIpc) is 3.37. The first kappa shape index (κ1) is 19.9. The Hall–Kier alpha value is -1.90. The smallest absolute Gasteiger partial charge is 0.341 e. The van der Waals surface area contributed by atoms with E-state index in [1.165, 1.54) is 6.20 Å². The number of nitrogens with zero attached hydrogens (tertiary/aromatic N) is 3. The van der Waals surface area contributed by atoms with Crippen LogP contribution in [0.1, 0.15) is 29.2 Å². The second kappa shape index (κ2) is 7.26. The van der Waals surface area contributed by atoms with Crippen molar-refractivity contribution in [2.45, 2.75) is 24.3 Å². The van der Waals surface area contributed by atoms with E-state index < -0.39 is 17.2 Å². The molecule has 10 heteroatoms. The number of alkyl halides is 1. The van der Waals surface area contributed by atoms with Gasteiger partial charge in [-0.1, -0.05) is 0 Å². The number of carboxylic acid groups (broad SMARTS) is 1. The number of carbonyl (C=O) groups is 1. The topological polar surface area (TPSA) is 101 Å². The Bertz CT molecular complexity index is 963. The zero-order valence-electron chi connectivity index (χ0n) is 14.3. The third-order valence-electron chi connectivity index (χ3n) is 5.07. The molecule has 1 aliphatic carbocycles. The van der Waals surface area contributed by atoms with Crippen LogP contribution in [-0.4, -0.2) is 45.6 Å². The van der Waals surface area contributed by atoms with Crippen LogP contribution in [0.3, 0.4) is 0 Å². The summed E-state index contributed by atoms with van der Waals surface area (Å²) < 4.78 is 16.4. The first-order valence-electron chi connectivity index (χ1n) is 8.48. The van der Waals surface area contributed by atoms with Crippen molar-refractivity contribution in [1.29, 1.82) is 0 Å². The Labute approximate surface area is 165 Å². The van der Waals surface area contributed by atoms with Gasteiger partial charge in [0.15, 0.2) is 11.6 Å². The highest BCUT2D eigenvalue weighted by Gasteiger charge is 2.34. The minimum absolute atomic E-state index is 0. The maximum atomic E-state index is 14.7. The molecule has 0 spiro atoms. The predicted molar refractivity (Wildman–Crippen MR) is 103 cm³/mol. The number of rotatable bonds is 4. The van der Waals surface area contributed by atoms with Gasteiger partial charge >= 0.3 is 5.97 Å². The number of aromatic carboxylic acids is 1. The SMILES string of the molecule is Cl.NC[C@@H]1CN(c2nc3c(cc2F)c(=O)c(C(=O)O)cn3C2CC2)C[C@H]1Cl. The molecule has 7 nitrogen and oxygen atoms in total. The predicted octanol–water partition coefficient (Wildman–Crippen LogP) is 1.99. The van der Waals surface area contributed by atoms with Crippen molar-refractivity contribution in [1.82, 2.24) is 9.55 Å². The lowest BCUT2D eigenvalue weighted by molar-refractivity contribution is 0.0695. The van der Waals surface area contributed by atoms with Crippen molar-refractivity contribution >= 4 is 46.8 Å². The largest absolute Gasteiger partial charge is 0.477 e. The first-order valence-corrected chi connectivity index (χ1v) is 8.92. The van der Waals surface area contributed by atoms with Crippen LogP contribution >= 0.6 is 24.0 Å². The van der Waals surface area contributed by atoms with Gasteiger partial charge in [0.05, 0.1) is 10.8 Å². The summed E-state index contributed by atoms with van der Waals surface area (Å²) in [6, 6.07) is 1.17. The van der Waals surface area contributed by atoms with Crippen molar-refractivity contribution in [3.05, 3.63) is 33.9 Å². The molecule has 2 aromatic rings. The van der Waals surface area contributed by atoms with Gasteiger partial charge in [-0.15, -0.1) is 24.0 Å². The molecule has 0 amide bonds. The zero-order chi connectivity index (χ0) is 18.6. The summed E-state index contributed by atoms with van der Waals surface area (Å²) in [5.41, 5.74) is 4.92.